The SMILES string of the molecule is Nc1ccc(Oc2ccncc2Br)c2cccnc12. The Bertz CT molecular complexity index is 746. The molecule has 4 nitrogen and oxygen atoms in total. The molecule has 1 aromatic carbocycles. The second-order valence-corrected chi connectivity index (χ2v) is 4.81. The minimum Gasteiger partial charge on any atom is -0.455 e. The van der Waals surface area contributed by atoms with Gasteiger partial charge in [-0.05, 0) is 40.2 Å². The molecule has 0 saturated carbocycles. The van der Waals surface area contributed by atoms with E-state index in [-0.39, 0.29) is 0 Å². The third-order valence-electron chi connectivity index (χ3n) is 2.72. The molecule has 19 heavy (non-hydrogen) atoms. The van der Waals surface area contributed by atoms with E-state index in [2.05, 4.69) is 25.9 Å². The number of anilines is 1. The number of fused-ring (bicyclic) bond motifs is 1. The maximum absolute atomic E-state index is 5.91. The van der Waals surface area contributed by atoms with Crippen LogP contribution in [0.1, 0.15) is 0 Å². The van der Waals surface area contributed by atoms with Crippen molar-refractivity contribution in [2.45, 2.75) is 0 Å². The number of nitrogens with two attached hydrogens (primary N) is 1. The van der Waals surface area contributed by atoms with Crippen molar-refractivity contribution >= 4 is 32.5 Å². The fourth-order valence-electron chi connectivity index (χ4n) is 1.82. The van der Waals surface area contributed by atoms with E-state index in [1.807, 2.05) is 18.2 Å². The Morgan fingerprint density at radius 2 is 1.95 bits per heavy atom. The molecule has 0 atom stereocenters. The quantitative estimate of drug-likeness (QED) is 0.731. The zero-order valence-corrected chi connectivity index (χ0v) is 11.5. The van der Waals surface area contributed by atoms with E-state index in [1.54, 1.807) is 30.7 Å². The van der Waals surface area contributed by atoms with Gasteiger partial charge in [0.25, 0.3) is 0 Å². The van der Waals surface area contributed by atoms with Gasteiger partial charge in [-0.25, -0.2) is 0 Å². The second-order valence-electron chi connectivity index (χ2n) is 3.96. The largest absolute Gasteiger partial charge is 0.455 e. The lowest BCUT2D eigenvalue weighted by Gasteiger charge is -2.10. The highest BCUT2D eigenvalue weighted by molar-refractivity contribution is 9.10. The monoisotopic (exact) mass is 315 g/mol. The number of aromatic nitrogens is 2. The Morgan fingerprint density at radius 1 is 1.05 bits per heavy atom. The number of halogens is 1. The summed E-state index contributed by atoms with van der Waals surface area (Å²) in [6, 6.07) is 9.22. The minimum absolute atomic E-state index is 0.636. The Labute approximate surface area is 118 Å². The lowest BCUT2D eigenvalue weighted by atomic mass is 10.2. The van der Waals surface area contributed by atoms with Crippen LogP contribution in [0.2, 0.25) is 0 Å². The molecule has 0 radical (unpaired) electrons. The van der Waals surface area contributed by atoms with Gasteiger partial charge in [-0.1, -0.05) is 0 Å². The topological polar surface area (TPSA) is 61.0 Å². The summed E-state index contributed by atoms with van der Waals surface area (Å²) in [5, 5.41) is 0.881. The van der Waals surface area contributed by atoms with Crippen LogP contribution < -0.4 is 10.5 Å². The number of hydrogen-bond acceptors (Lipinski definition) is 4. The first kappa shape index (κ1) is 11.9. The van der Waals surface area contributed by atoms with Crippen LogP contribution in [0.3, 0.4) is 0 Å². The number of rotatable bonds is 2. The summed E-state index contributed by atoms with van der Waals surface area (Å²) in [7, 11) is 0. The molecular weight excluding hydrogens is 306 g/mol. The molecule has 2 N–H and O–H groups in total. The molecule has 2 heterocycles. The van der Waals surface area contributed by atoms with Crippen LogP contribution in [0.5, 0.6) is 11.5 Å². The average Bonchev–Trinajstić information content (AvgIpc) is 2.44. The lowest BCUT2D eigenvalue weighted by molar-refractivity contribution is 0.484. The molecule has 5 heteroatoms. The summed E-state index contributed by atoms with van der Waals surface area (Å²) in [5.74, 6) is 1.41. The van der Waals surface area contributed by atoms with Gasteiger partial charge in [0.15, 0.2) is 0 Å². The molecule has 0 amide bonds. The van der Waals surface area contributed by atoms with Gasteiger partial charge in [0.2, 0.25) is 0 Å². The predicted octanol–water partition coefficient (Wildman–Crippen LogP) is 3.77. The van der Waals surface area contributed by atoms with E-state index in [9.17, 15) is 0 Å². The number of benzene rings is 1. The average molecular weight is 316 g/mol. The predicted molar refractivity (Wildman–Crippen MR) is 78.2 cm³/mol. The van der Waals surface area contributed by atoms with Crippen molar-refractivity contribution in [2.24, 2.45) is 0 Å². The van der Waals surface area contributed by atoms with Crippen LogP contribution in [0.4, 0.5) is 5.69 Å². The van der Waals surface area contributed by atoms with Crippen molar-refractivity contribution in [1.29, 1.82) is 0 Å². The fourth-order valence-corrected chi connectivity index (χ4v) is 2.15. The number of hydrogen-bond donors (Lipinski definition) is 1. The van der Waals surface area contributed by atoms with E-state index in [1.165, 1.54) is 0 Å². The third kappa shape index (κ3) is 2.24. The van der Waals surface area contributed by atoms with Crippen molar-refractivity contribution < 1.29 is 4.74 Å². The standard InChI is InChI=1S/C14H10BrN3O/c15-10-8-17-7-5-13(10)19-12-4-3-11(16)14-9(12)2-1-6-18-14/h1-8H,16H2. The van der Waals surface area contributed by atoms with Gasteiger partial charge in [-0.15, -0.1) is 0 Å². The Morgan fingerprint density at radius 3 is 2.79 bits per heavy atom. The van der Waals surface area contributed by atoms with Gasteiger partial charge in [-0.3, -0.25) is 9.97 Å². The normalized spacial score (nSPS) is 10.6. The van der Waals surface area contributed by atoms with Gasteiger partial charge in [0, 0.05) is 30.0 Å². The highest BCUT2D eigenvalue weighted by Crippen LogP contribution is 2.34. The molecule has 0 fully saturated rings. The van der Waals surface area contributed by atoms with Crippen LogP contribution in [-0.4, -0.2) is 9.97 Å². The van der Waals surface area contributed by atoms with E-state index < -0.39 is 0 Å². The molecule has 2 aromatic heterocycles. The van der Waals surface area contributed by atoms with Gasteiger partial charge < -0.3 is 10.5 Å². The molecule has 0 unspecified atom stereocenters. The summed E-state index contributed by atoms with van der Waals surface area (Å²) < 4.78 is 6.69. The Kier molecular flexibility index (Phi) is 3.05. The summed E-state index contributed by atoms with van der Waals surface area (Å²) in [4.78, 5) is 8.28. The molecule has 94 valence electrons. The van der Waals surface area contributed by atoms with Gasteiger partial charge in [0.1, 0.15) is 11.5 Å². The molecule has 0 aliphatic carbocycles. The summed E-state index contributed by atoms with van der Waals surface area (Å²) in [6.07, 6.45) is 5.08. The number of pyridine rings is 2. The molecule has 3 aromatic rings. The Hall–Kier alpha value is -2.14. The van der Waals surface area contributed by atoms with Gasteiger partial charge in [-0.2, -0.15) is 0 Å². The van der Waals surface area contributed by atoms with Crippen molar-refractivity contribution in [3.63, 3.8) is 0 Å². The van der Waals surface area contributed by atoms with Crippen LogP contribution in [-0.2, 0) is 0 Å². The number of ether oxygens (including phenoxy) is 1. The van der Waals surface area contributed by atoms with Gasteiger partial charge >= 0.3 is 0 Å². The summed E-state index contributed by atoms with van der Waals surface area (Å²) in [5.41, 5.74) is 7.29. The van der Waals surface area contributed by atoms with Crippen LogP contribution in [0.15, 0.2) is 53.4 Å². The van der Waals surface area contributed by atoms with Crippen molar-refractivity contribution in [1.82, 2.24) is 9.97 Å². The molecule has 0 aliphatic heterocycles. The van der Waals surface area contributed by atoms with Crippen LogP contribution in [0, 0.1) is 0 Å². The van der Waals surface area contributed by atoms with Crippen LogP contribution in [0.25, 0.3) is 10.9 Å². The van der Waals surface area contributed by atoms with Crippen molar-refractivity contribution in [3.05, 3.63) is 53.4 Å². The second kappa shape index (κ2) is 4.85. The van der Waals surface area contributed by atoms with Crippen molar-refractivity contribution in [3.8, 4) is 11.5 Å². The molecule has 0 bridgehead atoms. The first-order chi connectivity index (χ1) is 9.25. The van der Waals surface area contributed by atoms with Gasteiger partial charge in [0.05, 0.1) is 15.7 Å². The van der Waals surface area contributed by atoms with E-state index >= 15 is 0 Å². The number of nitrogens with zero attached hydrogens (tertiary/aromatic N) is 2. The van der Waals surface area contributed by atoms with E-state index in [0.717, 1.165) is 15.4 Å². The van der Waals surface area contributed by atoms with Crippen molar-refractivity contribution in [2.75, 3.05) is 5.73 Å². The summed E-state index contributed by atoms with van der Waals surface area (Å²) in [6.45, 7) is 0. The first-order valence-corrected chi connectivity index (χ1v) is 6.45. The van der Waals surface area contributed by atoms with Crippen LogP contribution >= 0.6 is 15.9 Å². The third-order valence-corrected chi connectivity index (χ3v) is 3.31. The smallest absolute Gasteiger partial charge is 0.144 e. The molecule has 0 spiro atoms. The maximum Gasteiger partial charge on any atom is 0.144 e. The molecular formula is C14H10BrN3O. The fraction of sp³-hybridized carbons (Fsp3) is 0. The highest BCUT2D eigenvalue weighted by atomic mass is 79.9. The first-order valence-electron chi connectivity index (χ1n) is 5.66. The lowest BCUT2D eigenvalue weighted by Crippen LogP contribution is -1.93. The highest BCUT2D eigenvalue weighted by Gasteiger charge is 2.08. The Balaban J connectivity index is 2.12. The van der Waals surface area contributed by atoms with E-state index in [4.69, 9.17) is 10.5 Å². The summed E-state index contributed by atoms with van der Waals surface area (Å²) >= 11 is 3.40. The van der Waals surface area contributed by atoms with E-state index in [0.29, 0.717) is 17.2 Å². The minimum atomic E-state index is 0.636. The zero-order valence-electron chi connectivity index (χ0n) is 9.88. The molecule has 0 aliphatic rings. The maximum atomic E-state index is 5.91. The number of nitrogen functional groups attached to an aromatic ring is 1. The molecule has 0 saturated heterocycles. The zero-order chi connectivity index (χ0) is 13.2. The molecule has 3 rings (SSSR count).